The number of sulfonamides is 1. The lowest BCUT2D eigenvalue weighted by Gasteiger charge is -2.27. The van der Waals surface area contributed by atoms with Crippen LogP contribution in [0.5, 0.6) is 0 Å². The van der Waals surface area contributed by atoms with Gasteiger partial charge in [-0.15, -0.1) is 0 Å². The highest BCUT2D eigenvalue weighted by Gasteiger charge is 2.27. The number of hydrogen-bond donors (Lipinski definition) is 1. The maximum Gasteiger partial charge on any atom is 0.240 e. The monoisotopic (exact) mass is 407 g/mol. The topological polar surface area (TPSA) is 86.8 Å². The smallest absolute Gasteiger partial charge is 0.240 e. The zero-order valence-electron chi connectivity index (χ0n) is 16.4. The summed E-state index contributed by atoms with van der Waals surface area (Å²) in [5, 5.41) is 0. The van der Waals surface area contributed by atoms with Gasteiger partial charge in [-0.2, -0.15) is 0 Å². The van der Waals surface area contributed by atoms with Gasteiger partial charge < -0.3 is 9.80 Å². The minimum absolute atomic E-state index is 0.0518. The molecule has 2 aliphatic rings. The fourth-order valence-electron chi connectivity index (χ4n) is 3.77. The summed E-state index contributed by atoms with van der Waals surface area (Å²) in [4.78, 5) is 28.7. The average Bonchev–Trinajstić information content (AvgIpc) is 3.14. The van der Waals surface area contributed by atoms with Crippen LogP contribution in [-0.2, 0) is 26.0 Å². The van der Waals surface area contributed by atoms with Crippen LogP contribution in [0.25, 0.3) is 0 Å². The van der Waals surface area contributed by atoms with Crippen LogP contribution in [0.3, 0.4) is 0 Å². The van der Waals surface area contributed by atoms with E-state index in [4.69, 9.17) is 0 Å². The van der Waals surface area contributed by atoms with E-state index in [0.29, 0.717) is 19.5 Å². The van der Waals surface area contributed by atoms with Crippen molar-refractivity contribution < 1.29 is 18.0 Å². The molecule has 0 aromatic heterocycles. The fourth-order valence-corrected chi connectivity index (χ4v) is 4.96. The number of likely N-dealkylation sites (tertiary alicyclic amines) is 1. The molecule has 3 rings (SSSR count). The number of carbonyl (C=O) groups is 2. The van der Waals surface area contributed by atoms with Gasteiger partial charge in [0.1, 0.15) is 0 Å². The largest absolute Gasteiger partial charge is 0.343 e. The van der Waals surface area contributed by atoms with Crippen molar-refractivity contribution in [3.63, 3.8) is 0 Å². The van der Waals surface area contributed by atoms with E-state index in [2.05, 4.69) is 4.72 Å². The first-order valence-corrected chi connectivity index (χ1v) is 11.6. The number of rotatable bonds is 7. The number of anilines is 1. The van der Waals surface area contributed by atoms with Crippen LogP contribution in [0.1, 0.15) is 51.0 Å². The van der Waals surface area contributed by atoms with Crippen molar-refractivity contribution in [1.82, 2.24) is 9.62 Å². The number of fused-ring (bicyclic) bond motifs is 1. The average molecular weight is 408 g/mol. The number of amides is 2. The van der Waals surface area contributed by atoms with Gasteiger partial charge in [-0.05, 0) is 55.9 Å². The van der Waals surface area contributed by atoms with Crippen molar-refractivity contribution in [3.05, 3.63) is 23.8 Å². The summed E-state index contributed by atoms with van der Waals surface area (Å²) in [5.74, 6) is -0.0280. The fraction of sp³-hybridized carbons (Fsp3) is 0.600. The summed E-state index contributed by atoms with van der Waals surface area (Å²) >= 11 is 0. The van der Waals surface area contributed by atoms with Crippen molar-refractivity contribution in [2.24, 2.45) is 0 Å². The molecule has 28 heavy (non-hydrogen) atoms. The Morgan fingerprint density at radius 3 is 2.46 bits per heavy atom. The molecule has 1 aromatic rings. The van der Waals surface area contributed by atoms with Gasteiger partial charge in [0.25, 0.3) is 0 Å². The molecule has 7 nitrogen and oxygen atoms in total. The maximum atomic E-state index is 12.6. The van der Waals surface area contributed by atoms with E-state index < -0.39 is 10.0 Å². The number of hydrogen-bond acceptors (Lipinski definition) is 4. The highest BCUT2D eigenvalue weighted by Crippen LogP contribution is 2.31. The SMILES string of the molecule is CCCNS(=O)(=O)c1ccc2c(c1)CCN2C(=O)CCC(=O)N1CCCCC1. The number of piperidine rings is 1. The Morgan fingerprint density at radius 2 is 1.75 bits per heavy atom. The quantitative estimate of drug-likeness (QED) is 0.750. The molecule has 1 fully saturated rings. The lowest BCUT2D eigenvalue weighted by atomic mass is 10.1. The van der Waals surface area contributed by atoms with Crippen LogP contribution in [0, 0.1) is 0 Å². The molecule has 2 aliphatic heterocycles. The second kappa shape index (κ2) is 9.05. The Hall–Kier alpha value is -1.93. The van der Waals surface area contributed by atoms with E-state index in [1.807, 2.05) is 11.8 Å². The summed E-state index contributed by atoms with van der Waals surface area (Å²) in [6, 6.07) is 4.90. The molecule has 154 valence electrons. The lowest BCUT2D eigenvalue weighted by Crippen LogP contribution is -2.37. The van der Waals surface area contributed by atoms with E-state index in [9.17, 15) is 18.0 Å². The maximum absolute atomic E-state index is 12.6. The van der Waals surface area contributed by atoms with Crippen molar-refractivity contribution >= 4 is 27.5 Å². The van der Waals surface area contributed by atoms with Crippen molar-refractivity contribution in [2.45, 2.75) is 56.8 Å². The van der Waals surface area contributed by atoms with Crippen LogP contribution in [0.4, 0.5) is 5.69 Å². The van der Waals surface area contributed by atoms with E-state index in [0.717, 1.165) is 43.6 Å². The second-order valence-electron chi connectivity index (χ2n) is 7.43. The van der Waals surface area contributed by atoms with Gasteiger partial charge in [0.05, 0.1) is 4.90 Å². The lowest BCUT2D eigenvalue weighted by molar-refractivity contribution is -0.133. The molecule has 0 bridgehead atoms. The predicted molar refractivity (Wildman–Crippen MR) is 108 cm³/mol. The molecule has 0 radical (unpaired) electrons. The summed E-state index contributed by atoms with van der Waals surface area (Å²) in [5.41, 5.74) is 1.61. The first kappa shape index (κ1) is 20.8. The standard InChI is InChI=1S/C20H29N3O4S/c1-2-11-21-28(26,27)17-6-7-18-16(15-17)10-14-23(18)20(25)9-8-19(24)22-12-4-3-5-13-22/h6-7,15,21H,2-5,8-14H2,1H3. The van der Waals surface area contributed by atoms with Crippen LogP contribution in [-0.4, -0.2) is 51.3 Å². The van der Waals surface area contributed by atoms with E-state index in [1.165, 1.54) is 6.42 Å². The molecule has 8 heteroatoms. The van der Waals surface area contributed by atoms with Crippen LogP contribution >= 0.6 is 0 Å². The minimum Gasteiger partial charge on any atom is -0.343 e. The third-order valence-electron chi connectivity index (χ3n) is 5.36. The van der Waals surface area contributed by atoms with Gasteiger partial charge in [-0.25, -0.2) is 13.1 Å². The second-order valence-corrected chi connectivity index (χ2v) is 9.19. The Labute approximate surface area is 167 Å². The normalized spacial score (nSPS) is 16.9. The van der Waals surface area contributed by atoms with Gasteiger partial charge in [-0.3, -0.25) is 9.59 Å². The molecule has 0 spiro atoms. The molecule has 1 saturated heterocycles. The summed E-state index contributed by atoms with van der Waals surface area (Å²) < 4.78 is 27.2. The molecule has 1 N–H and O–H groups in total. The molecule has 0 saturated carbocycles. The highest BCUT2D eigenvalue weighted by molar-refractivity contribution is 7.89. The van der Waals surface area contributed by atoms with Gasteiger partial charge >= 0.3 is 0 Å². The summed E-state index contributed by atoms with van der Waals surface area (Å²) in [6.07, 6.45) is 5.01. The Bertz CT molecular complexity index is 832. The Balaban J connectivity index is 1.62. The van der Waals surface area contributed by atoms with Crippen LogP contribution in [0.15, 0.2) is 23.1 Å². The summed E-state index contributed by atoms with van der Waals surface area (Å²) in [6.45, 7) is 4.42. The number of carbonyl (C=O) groups excluding carboxylic acids is 2. The van der Waals surface area contributed by atoms with Crippen LogP contribution < -0.4 is 9.62 Å². The molecule has 2 amide bonds. The third-order valence-corrected chi connectivity index (χ3v) is 6.82. The van der Waals surface area contributed by atoms with Gasteiger partial charge in [0.2, 0.25) is 21.8 Å². The molecule has 0 atom stereocenters. The van der Waals surface area contributed by atoms with E-state index in [-0.39, 0.29) is 29.6 Å². The first-order valence-electron chi connectivity index (χ1n) is 10.1. The Kier molecular flexibility index (Phi) is 6.72. The molecule has 0 aliphatic carbocycles. The Morgan fingerprint density at radius 1 is 1.04 bits per heavy atom. The number of benzene rings is 1. The summed E-state index contributed by atoms with van der Waals surface area (Å²) in [7, 11) is -3.52. The van der Waals surface area contributed by atoms with Gasteiger partial charge in [0.15, 0.2) is 0 Å². The van der Waals surface area contributed by atoms with Gasteiger partial charge in [0, 0.05) is 44.7 Å². The van der Waals surface area contributed by atoms with Crippen LogP contribution in [0.2, 0.25) is 0 Å². The van der Waals surface area contributed by atoms with Crippen molar-refractivity contribution in [3.8, 4) is 0 Å². The first-order chi connectivity index (χ1) is 13.4. The molecular weight excluding hydrogens is 378 g/mol. The third kappa shape index (κ3) is 4.72. The number of nitrogens with one attached hydrogen (secondary N) is 1. The molecule has 0 unspecified atom stereocenters. The molecule has 1 aromatic carbocycles. The molecular formula is C20H29N3O4S. The van der Waals surface area contributed by atoms with Crippen molar-refractivity contribution in [1.29, 1.82) is 0 Å². The zero-order chi connectivity index (χ0) is 20.1. The van der Waals surface area contributed by atoms with Gasteiger partial charge in [-0.1, -0.05) is 6.92 Å². The predicted octanol–water partition coefficient (Wildman–Crippen LogP) is 2.06. The zero-order valence-corrected chi connectivity index (χ0v) is 17.3. The minimum atomic E-state index is -3.52. The van der Waals surface area contributed by atoms with Crippen molar-refractivity contribution in [2.75, 3.05) is 31.1 Å². The van der Waals surface area contributed by atoms with E-state index in [1.54, 1.807) is 23.1 Å². The number of nitrogens with zero attached hydrogens (tertiary/aromatic N) is 2. The molecule has 2 heterocycles. The van der Waals surface area contributed by atoms with E-state index >= 15 is 0 Å². The highest BCUT2D eigenvalue weighted by atomic mass is 32.2.